The normalized spacial score (nSPS) is 10.8. The number of rotatable bonds is 3. The van der Waals surface area contributed by atoms with Crippen LogP contribution in [0.5, 0.6) is 0 Å². The van der Waals surface area contributed by atoms with E-state index in [1.54, 1.807) is 6.92 Å². The fourth-order valence-corrected chi connectivity index (χ4v) is 2.77. The van der Waals surface area contributed by atoms with E-state index in [4.69, 9.17) is 5.73 Å². The molecular formula is C13H15FN2S. The first-order valence-electron chi connectivity index (χ1n) is 5.59. The zero-order valence-electron chi connectivity index (χ0n) is 9.96. The van der Waals surface area contributed by atoms with Crippen LogP contribution in [-0.2, 0) is 12.8 Å². The van der Waals surface area contributed by atoms with Crippen LogP contribution in [0.2, 0.25) is 0 Å². The van der Waals surface area contributed by atoms with E-state index in [9.17, 15) is 4.39 Å². The Kier molecular flexibility index (Phi) is 3.43. The second-order valence-corrected chi connectivity index (χ2v) is 5.15. The lowest BCUT2D eigenvalue weighted by atomic mass is 10.1. The zero-order chi connectivity index (χ0) is 12.4. The largest absolute Gasteiger partial charge is 0.375 e. The molecule has 17 heavy (non-hydrogen) atoms. The van der Waals surface area contributed by atoms with E-state index in [-0.39, 0.29) is 5.82 Å². The first-order valence-corrected chi connectivity index (χ1v) is 6.41. The van der Waals surface area contributed by atoms with Gasteiger partial charge in [-0.1, -0.05) is 19.1 Å². The van der Waals surface area contributed by atoms with Gasteiger partial charge in [0.15, 0.2) is 5.13 Å². The summed E-state index contributed by atoms with van der Waals surface area (Å²) >= 11 is 1.52. The van der Waals surface area contributed by atoms with Crippen molar-refractivity contribution in [3.8, 4) is 0 Å². The number of nitrogen functional groups attached to an aromatic ring is 1. The summed E-state index contributed by atoms with van der Waals surface area (Å²) in [7, 11) is 0. The second-order valence-electron chi connectivity index (χ2n) is 4.04. The quantitative estimate of drug-likeness (QED) is 0.907. The van der Waals surface area contributed by atoms with Crippen LogP contribution in [0.15, 0.2) is 18.2 Å². The third-order valence-electron chi connectivity index (χ3n) is 2.72. The number of thiazole rings is 1. The van der Waals surface area contributed by atoms with E-state index < -0.39 is 0 Å². The predicted molar refractivity (Wildman–Crippen MR) is 69.8 cm³/mol. The summed E-state index contributed by atoms with van der Waals surface area (Å²) < 4.78 is 13.2. The third kappa shape index (κ3) is 2.64. The summed E-state index contributed by atoms with van der Waals surface area (Å²) in [6.45, 7) is 3.84. The van der Waals surface area contributed by atoms with Gasteiger partial charge in [0.1, 0.15) is 5.82 Å². The van der Waals surface area contributed by atoms with E-state index in [1.807, 2.05) is 12.1 Å². The first kappa shape index (κ1) is 12.0. The maximum atomic E-state index is 13.2. The van der Waals surface area contributed by atoms with Gasteiger partial charge in [0.05, 0.1) is 5.69 Å². The molecule has 0 aliphatic carbocycles. The average molecular weight is 250 g/mol. The number of nitrogens with two attached hydrogens (primary N) is 1. The summed E-state index contributed by atoms with van der Waals surface area (Å²) in [5.41, 5.74) is 8.54. The molecule has 2 nitrogen and oxygen atoms in total. The highest BCUT2D eigenvalue weighted by atomic mass is 32.1. The van der Waals surface area contributed by atoms with Gasteiger partial charge < -0.3 is 5.73 Å². The van der Waals surface area contributed by atoms with Gasteiger partial charge in [0, 0.05) is 11.3 Å². The fraction of sp³-hybridized carbons (Fsp3) is 0.308. The molecule has 4 heteroatoms. The lowest BCUT2D eigenvalue weighted by Crippen LogP contribution is -1.93. The summed E-state index contributed by atoms with van der Waals surface area (Å²) in [5.74, 6) is -0.159. The van der Waals surface area contributed by atoms with E-state index >= 15 is 0 Å². The van der Waals surface area contributed by atoms with Crippen molar-refractivity contribution >= 4 is 16.5 Å². The van der Waals surface area contributed by atoms with Gasteiger partial charge in [-0.05, 0) is 30.5 Å². The van der Waals surface area contributed by atoms with E-state index in [0.717, 1.165) is 24.1 Å². The van der Waals surface area contributed by atoms with Gasteiger partial charge in [-0.15, -0.1) is 11.3 Å². The molecule has 0 amide bonds. The SMILES string of the molecule is CCc1nc(N)sc1Cc1ccc(F)c(C)c1. The Morgan fingerprint density at radius 3 is 2.82 bits per heavy atom. The molecule has 2 N–H and O–H groups in total. The fourth-order valence-electron chi connectivity index (χ4n) is 1.82. The number of hydrogen-bond donors (Lipinski definition) is 1. The van der Waals surface area contributed by atoms with Crippen molar-refractivity contribution in [3.05, 3.63) is 45.7 Å². The Hall–Kier alpha value is -1.42. The van der Waals surface area contributed by atoms with Gasteiger partial charge in [0.25, 0.3) is 0 Å². The molecule has 2 aromatic rings. The Morgan fingerprint density at radius 1 is 1.41 bits per heavy atom. The van der Waals surface area contributed by atoms with E-state index in [1.165, 1.54) is 22.3 Å². The van der Waals surface area contributed by atoms with Crippen LogP contribution in [0.25, 0.3) is 0 Å². The number of aryl methyl sites for hydroxylation is 2. The molecule has 2 rings (SSSR count). The van der Waals surface area contributed by atoms with Gasteiger partial charge >= 0.3 is 0 Å². The van der Waals surface area contributed by atoms with Crippen LogP contribution >= 0.6 is 11.3 Å². The molecule has 0 spiro atoms. The summed E-state index contributed by atoms with van der Waals surface area (Å²) in [4.78, 5) is 5.46. The van der Waals surface area contributed by atoms with Gasteiger partial charge in [0.2, 0.25) is 0 Å². The Balaban J connectivity index is 2.27. The zero-order valence-corrected chi connectivity index (χ0v) is 10.8. The molecule has 1 heterocycles. The highest BCUT2D eigenvalue weighted by molar-refractivity contribution is 7.15. The number of aromatic nitrogens is 1. The van der Waals surface area contributed by atoms with Crippen LogP contribution in [0, 0.1) is 12.7 Å². The summed E-state index contributed by atoms with van der Waals surface area (Å²) in [6.07, 6.45) is 1.66. The van der Waals surface area contributed by atoms with Gasteiger partial charge in [-0.2, -0.15) is 0 Å². The van der Waals surface area contributed by atoms with Crippen molar-refractivity contribution in [1.82, 2.24) is 4.98 Å². The molecule has 0 atom stereocenters. The van der Waals surface area contributed by atoms with Crippen molar-refractivity contribution in [1.29, 1.82) is 0 Å². The minimum atomic E-state index is -0.159. The molecule has 90 valence electrons. The Bertz CT molecular complexity index is 534. The average Bonchev–Trinajstić information content (AvgIpc) is 2.64. The number of hydrogen-bond acceptors (Lipinski definition) is 3. The highest BCUT2D eigenvalue weighted by Gasteiger charge is 2.09. The lowest BCUT2D eigenvalue weighted by molar-refractivity contribution is 0.618. The molecule has 0 saturated heterocycles. The smallest absolute Gasteiger partial charge is 0.180 e. The van der Waals surface area contributed by atoms with Crippen molar-refractivity contribution in [2.24, 2.45) is 0 Å². The molecule has 0 radical (unpaired) electrons. The topological polar surface area (TPSA) is 38.9 Å². The van der Waals surface area contributed by atoms with Crippen molar-refractivity contribution < 1.29 is 4.39 Å². The minimum Gasteiger partial charge on any atom is -0.375 e. The molecular weight excluding hydrogens is 235 g/mol. The van der Waals surface area contributed by atoms with Crippen molar-refractivity contribution in [3.63, 3.8) is 0 Å². The van der Waals surface area contributed by atoms with E-state index in [0.29, 0.717) is 10.7 Å². The van der Waals surface area contributed by atoms with Crippen LogP contribution in [-0.4, -0.2) is 4.98 Å². The minimum absolute atomic E-state index is 0.159. The molecule has 0 unspecified atom stereocenters. The Labute approximate surface area is 104 Å². The summed E-state index contributed by atoms with van der Waals surface area (Å²) in [6, 6.07) is 5.21. The van der Waals surface area contributed by atoms with Crippen molar-refractivity contribution in [2.75, 3.05) is 5.73 Å². The Morgan fingerprint density at radius 2 is 2.18 bits per heavy atom. The number of nitrogens with zero attached hydrogens (tertiary/aromatic N) is 1. The second kappa shape index (κ2) is 4.84. The summed E-state index contributed by atoms with van der Waals surface area (Å²) in [5, 5.41) is 0.607. The van der Waals surface area contributed by atoms with Crippen LogP contribution < -0.4 is 5.73 Å². The number of benzene rings is 1. The van der Waals surface area contributed by atoms with E-state index in [2.05, 4.69) is 11.9 Å². The molecule has 1 aromatic carbocycles. The highest BCUT2D eigenvalue weighted by Crippen LogP contribution is 2.24. The monoisotopic (exact) mass is 250 g/mol. The van der Waals surface area contributed by atoms with Gasteiger partial charge in [-0.25, -0.2) is 9.37 Å². The van der Waals surface area contributed by atoms with Gasteiger partial charge in [-0.3, -0.25) is 0 Å². The molecule has 0 fully saturated rings. The number of halogens is 1. The predicted octanol–water partition coefficient (Wildman–Crippen LogP) is 3.33. The first-order chi connectivity index (χ1) is 8.10. The maximum Gasteiger partial charge on any atom is 0.180 e. The van der Waals surface area contributed by atoms with Crippen LogP contribution in [0.3, 0.4) is 0 Å². The van der Waals surface area contributed by atoms with Crippen molar-refractivity contribution in [2.45, 2.75) is 26.7 Å². The molecule has 0 bridgehead atoms. The van der Waals surface area contributed by atoms with Crippen LogP contribution in [0.1, 0.15) is 28.6 Å². The van der Waals surface area contributed by atoms with Crippen LogP contribution in [0.4, 0.5) is 9.52 Å². The standard InChI is InChI=1S/C13H15FN2S/c1-3-11-12(17-13(15)16-11)7-9-4-5-10(14)8(2)6-9/h4-6H,3,7H2,1-2H3,(H2,15,16). The molecule has 0 aliphatic rings. The lowest BCUT2D eigenvalue weighted by Gasteiger charge is -2.03. The molecule has 1 aromatic heterocycles. The molecule has 0 saturated carbocycles. The molecule has 0 aliphatic heterocycles. The third-order valence-corrected chi connectivity index (χ3v) is 3.64. The maximum absolute atomic E-state index is 13.2. The number of anilines is 1.